The van der Waals surface area contributed by atoms with Crippen molar-refractivity contribution >= 4 is 5.91 Å². The molecule has 28 heavy (non-hydrogen) atoms. The Morgan fingerprint density at radius 3 is 1.71 bits per heavy atom. The second kappa shape index (κ2) is 21.0. The van der Waals surface area contributed by atoms with Gasteiger partial charge in [0.05, 0.1) is 0 Å². The van der Waals surface area contributed by atoms with Gasteiger partial charge in [0.25, 0.3) is 0 Å². The topological polar surface area (TPSA) is 29.1 Å². The molecule has 0 fully saturated rings. The van der Waals surface area contributed by atoms with Crippen molar-refractivity contribution in [2.24, 2.45) is 0 Å². The lowest BCUT2D eigenvalue weighted by Crippen LogP contribution is -2.16. The van der Waals surface area contributed by atoms with Gasteiger partial charge in [0.15, 0.2) is 0 Å². The van der Waals surface area contributed by atoms with Gasteiger partial charge in [0, 0.05) is 11.8 Å². The van der Waals surface area contributed by atoms with E-state index < -0.39 is 0 Å². The fraction of sp³-hybridized carbons (Fsp3) is 0.423. The van der Waals surface area contributed by atoms with E-state index in [1.807, 2.05) is 42.5 Å². The molecule has 154 valence electrons. The van der Waals surface area contributed by atoms with Gasteiger partial charge in [-0.05, 0) is 25.8 Å². The van der Waals surface area contributed by atoms with Crippen molar-refractivity contribution in [2.45, 2.75) is 71.6 Å². The molecule has 2 nitrogen and oxygen atoms in total. The molecule has 0 rings (SSSR count). The van der Waals surface area contributed by atoms with E-state index in [2.05, 4.69) is 37.0 Å². The largest absolute Gasteiger partial charge is 0.329 e. The first kappa shape index (κ1) is 25.7. The van der Waals surface area contributed by atoms with Gasteiger partial charge >= 0.3 is 0 Å². The predicted octanol–water partition coefficient (Wildman–Crippen LogP) is 7.50. The Bertz CT molecular complexity index is 573. The summed E-state index contributed by atoms with van der Waals surface area (Å²) >= 11 is 0. The van der Waals surface area contributed by atoms with Gasteiger partial charge in [-0.1, -0.05) is 119 Å². The number of nitrogens with one attached hydrogen (secondary N) is 1. The molecular weight excluding hydrogens is 342 g/mol. The molecule has 0 spiro atoms. The number of hydrogen-bond acceptors (Lipinski definition) is 1. The molecule has 0 aromatic carbocycles. The van der Waals surface area contributed by atoms with Crippen LogP contribution in [0.15, 0.2) is 85.2 Å². The van der Waals surface area contributed by atoms with Gasteiger partial charge in [0.1, 0.15) is 0 Å². The average Bonchev–Trinajstić information content (AvgIpc) is 2.68. The molecule has 0 aliphatic rings. The van der Waals surface area contributed by atoms with Crippen LogP contribution >= 0.6 is 0 Å². The predicted molar refractivity (Wildman–Crippen MR) is 125 cm³/mol. The molecule has 2 heteroatoms. The highest BCUT2D eigenvalue weighted by Gasteiger charge is 1.94. The standard InChI is InChI=1S/C26H39NO/c1-4-5-6-7-8-9-10-11-12-13-14-15-16-17-18-19-20-21-22-23-24-27-26(28)25(2)3/h13-24H,2,4-12H2,1,3H3,(H,27,28). The summed E-state index contributed by atoms with van der Waals surface area (Å²) in [6.45, 7) is 7.51. The SMILES string of the molecule is C=C(C)C(=O)NC=CC=CC=CC=CC=CC=CCCCCCCCCCC. The van der Waals surface area contributed by atoms with Gasteiger partial charge in [-0.15, -0.1) is 0 Å². The minimum atomic E-state index is -0.165. The van der Waals surface area contributed by atoms with E-state index in [1.165, 1.54) is 57.8 Å². The Labute approximate surface area is 173 Å². The number of rotatable bonds is 16. The Morgan fingerprint density at radius 2 is 1.18 bits per heavy atom. The van der Waals surface area contributed by atoms with Gasteiger partial charge in [-0.3, -0.25) is 4.79 Å². The van der Waals surface area contributed by atoms with Crippen molar-refractivity contribution in [3.8, 4) is 0 Å². The lowest BCUT2D eigenvalue weighted by Gasteiger charge is -1.99. The minimum absolute atomic E-state index is 0.165. The normalized spacial score (nSPS) is 12.6. The zero-order valence-corrected chi connectivity index (χ0v) is 17.9. The summed E-state index contributed by atoms with van der Waals surface area (Å²) in [5, 5.41) is 2.62. The van der Waals surface area contributed by atoms with Crippen LogP contribution in [0.3, 0.4) is 0 Å². The number of hydrogen-bond donors (Lipinski definition) is 1. The van der Waals surface area contributed by atoms with E-state index in [9.17, 15) is 4.79 Å². The van der Waals surface area contributed by atoms with Crippen molar-refractivity contribution in [1.82, 2.24) is 5.32 Å². The molecular formula is C26H39NO. The quantitative estimate of drug-likeness (QED) is 0.167. The summed E-state index contributed by atoms with van der Waals surface area (Å²) < 4.78 is 0. The smallest absolute Gasteiger partial charge is 0.250 e. The summed E-state index contributed by atoms with van der Waals surface area (Å²) in [5.74, 6) is -0.165. The van der Waals surface area contributed by atoms with Gasteiger partial charge < -0.3 is 5.32 Å². The maximum absolute atomic E-state index is 11.2. The van der Waals surface area contributed by atoms with Crippen LogP contribution in [0.25, 0.3) is 0 Å². The second-order valence-corrected chi connectivity index (χ2v) is 6.84. The lowest BCUT2D eigenvalue weighted by atomic mass is 10.1. The van der Waals surface area contributed by atoms with Gasteiger partial charge in [-0.2, -0.15) is 0 Å². The highest BCUT2D eigenvalue weighted by molar-refractivity contribution is 5.92. The summed E-state index contributed by atoms with van der Waals surface area (Å²) in [7, 11) is 0. The van der Waals surface area contributed by atoms with Crippen molar-refractivity contribution in [3.05, 3.63) is 85.2 Å². The van der Waals surface area contributed by atoms with E-state index >= 15 is 0 Å². The summed E-state index contributed by atoms with van der Waals surface area (Å²) in [6, 6.07) is 0. The Morgan fingerprint density at radius 1 is 0.714 bits per heavy atom. The number of unbranched alkanes of at least 4 members (excludes halogenated alkanes) is 8. The minimum Gasteiger partial charge on any atom is -0.329 e. The number of amides is 1. The van der Waals surface area contributed by atoms with Crippen molar-refractivity contribution in [2.75, 3.05) is 0 Å². The molecule has 0 atom stereocenters. The van der Waals surface area contributed by atoms with Crippen molar-refractivity contribution in [1.29, 1.82) is 0 Å². The van der Waals surface area contributed by atoms with Crippen LogP contribution in [0.1, 0.15) is 71.6 Å². The van der Waals surface area contributed by atoms with Crippen LogP contribution in [0.2, 0.25) is 0 Å². The van der Waals surface area contributed by atoms with Crippen LogP contribution in [-0.2, 0) is 4.79 Å². The molecule has 0 aliphatic heterocycles. The van der Waals surface area contributed by atoms with Crippen molar-refractivity contribution < 1.29 is 4.79 Å². The molecule has 0 saturated heterocycles. The zero-order chi connectivity index (χ0) is 20.7. The maximum Gasteiger partial charge on any atom is 0.250 e. The van der Waals surface area contributed by atoms with Gasteiger partial charge in [0.2, 0.25) is 5.91 Å². The second-order valence-electron chi connectivity index (χ2n) is 6.84. The van der Waals surface area contributed by atoms with Crippen LogP contribution in [0.4, 0.5) is 0 Å². The molecule has 0 saturated carbocycles. The Kier molecular flexibility index (Phi) is 19.2. The molecule has 0 heterocycles. The molecule has 1 amide bonds. The fourth-order valence-corrected chi connectivity index (χ4v) is 2.39. The number of allylic oxidation sites excluding steroid dienone is 11. The fourth-order valence-electron chi connectivity index (χ4n) is 2.39. The zero-order valence-electron chi connectivity index (χ0n) is 17.9. The summed E-state index contributed by atoms with van der Waals surface area (Å²) in [6.07, 6.45) is 35.7. The molecule has 0 aromatic heterocycles. The van der Waals surface area contributed by atoms with Crippen LogP contribution in [-0.4, -0.2) is 5.91 Å². The summed E-state index contributed by atoms with van der Waals surface area (Å²) in [4.78, 5) is 11.2. The maximum atomic E-state index is 11.2. The first-order chi connectivity index (χ1) is 13.7. The third kappa shape index (κ3) is 20.0. The Balaban J connectivity index is 3.64. The first-order valence-corrected chi connectivity index (χ1v) is 10.6. The number of carbonyl (C=O) groups is 1. The molecule has 0 unspecified atom stereocenters. The molecule has 0 radical (unpaired) electrons. The molecule has 0 bridgehead atoms. The van der Waals surface area contributed by atoms with E-state index in [1.54, 1.807) is 19.2 Å². The Hall–Kier alpha value is -2.35. The third-order valence-corrected chi connectivity index (χ3v) is 4.06. The van der Waals surface area contributed by atoms with E-state index in [0.29, 0.717) is 5.57 Å². The van der Waals surface area contributed by atoms with E-state index in [0.717, 1.165) is 0 Å². The van der Waals surface area contributed by atoms with E-state index in [4.69, 9.17) is 0 Å². The van der Waals surface area contributed by atoms with Crippen molar-refractivity contribution in [3.63, 3.8) is 0 Å². The first-order valence-electron chi connectivity index (χ1n) is 10.6. The molecule has 1 N–H and O–H groups in total. The summed E-state index contributed by atoms with van der Waals surface area (Å²) in [5.41, 5.74) is 0.495. The number of carbonyl (C=O) groups excluding carboxylic acids is 1. The van der Waals surface area contributed by atoms with E-state index in [-0.39, 0.29) is 5.91 Å². The third-order valence-electron chi connectivity index (χ3n) is 4.06. The van der Waals surface area contributed by atoms with Crippen LogP contribution in [0, 0.1) is 0 Å². The lowest BCUT2D eigenvalue weighted by molar-refractivity contribution is -0.116. The monoisotopic (exact) mass is 381 g/mol. The molecule has 0 aromatic rings. The average molecular weight is 382 g/mol. The van der Waals surface area contributed by atoms with Crippen LogP contribution in [0.5, 0.6) is 0 Å². The highest BCUT2D eigenvalue weighted by atomic mass is 16.1. The van der Waals surface area contributed by atoms with Gasteiger partial charge in [-0.25, -0.2) is 0 Å². The highest BCUT2D eigenvalue weighted by Crippen LogP contribution is 2.09. The van der Waals surface area contributed by atoms with Crippen LogP contribution < -0.4 is 5.32 Å². The molecule has 0 aliphatic carbocycles.